The molecule has 5 aromatic carbocycles. The Labute approximate surface area is 178 Å². The van der Waals surface area contributed by atoms with Crippen LogP contribution in [0.1, 0.15) is 5.56 Å². The molecule has 0 aliphatic rings. The summed E-state index contributed by atoms with van der Waals surface area (Å²) in [6.07, 6.45) is 0. The van der Waals surface area contributed by atoms with Gasteiger partial charge in [-0.2, -0.15) is 5.26 Å². The highest BCUT2D eigenvalue weighted by molar-refractivity contribution is 6.28. The fourth-order valence-electron chi connectivity index (χ4n) is 4.69. The van der Waals surface area contributed by atoms with Crippen molar-refractivity contribution in [2.24, 2.45) is 0 Å². The second-order valence-corrected chi connectivity index (χ2v) is 7.62. The highest BCUT2D eigenvalue weighted by Crippen LogP contribution is 2.41. The van der Waals surface area contributed by atoms with Crippen LogP contribution in [0.15, 0.2) is 91.0 Å². The van der Waals surface area contributed by atoms with Gasteiger partial charge in [0.2, 0.25) is 0 Å². The van der Waals surface area contributed by atoms with Gasteiger partial charge in [0.05, 0.1) is 34.9 Å². The average Bonchev–Trinajstić information content (AvgIpc) is 3.18. The summed E-state index contributed by atoms with van der Waals surface area (Å²) >= 11 is 0. The smallest absolute Gasteiger partial charge is 0.188 e. The molecule has 0 unspecified atom stereocenters. The SMILES string of the molecule is [C-]#[N+]c1ccc(-n2c3ccc4ccccc4c3c3c4ccccc4ccc32)c(C#N)c1. The summed E-state index contributed by atoms with van der Waals surface area (Å²) in [4.78, 5) is 3.50. The van der Waals surface area contributed by atoms with Crippen LogP contribution in [-0.4, -0.2) is 4.57 Å². The summed E-state index contributed by atoms with van der Waals surface area (Å²) in [5, 5.41) is 17.0. The largest absolute Gasteiger partial charge is 0.308 e. The quantitative estimate of drug-likeness (QED) is 0.266. The van der Waals surface area contributed by atoms with Crippen molar-refractivity contribution in [3.63, 3.8) is 0 Å². The molecule has 3 heteroatoms. The molecule has 0 spiro atoms. The van der Waals surface area contributed by atoms with Crippen LogP contribution in [0, 0.1) is 17.9 Å². The Hall–Kier alpha value is -4.60. The first-order chi connectivity index (χ1) is 15.3. The van der Waals surface area contributed by atoms with Gasteiger partial charge in [-0.05, 0) is 45.8 Å². The number of benzene rings is 5. The van der Waals surface area contributed by atoms with E-state index in [2.05, 4.69) is 88.3 Å². The van der Waals surface area contributed by atoms with E-state index in [0.717, 1.165) is 16.7 Å². The van der Waals surface area contributed by atoms with Crippen LogP contribution in [0.4, 0.5) is 5.69 Å². The van der Waals surface area contributed by atoms with E-state index < -0.39 is 0 Å². The summed E-state index contributed by atoms with van der Waals surface area (Å²) < 4.78 is 2.16. The molecule has 6 rings (SSSR count). The lowest BCUT2D eigenvalue weighted by Crippen LogP contribution is -1.97. The molecule has 0 aliphatic carbocycles. The zero-order valence-electron chi connectivity index (χ0n) is 16.5. The summed E-state index contributed by atoms with van der Waals surface area (Å²) in [7, 11) is 0. The normalized spacial score (nSPS) is 11.2. The van der Waals surface area contributed by atoms with Crippen LogP contribution in [0.5, 0.6) is 0 Å². The van der Waals surface area contributed by atoms with Gasteiger partial charge in [-0.1, -0.05) is 66.7 Å². The number of rotatable bonds is 1. The molecule has 0 atom stereocenters. The van der Waals surface area contributed by atoms with Crippen LogP contribution in [-0.2, 0) is 0 Å². The Morgan fingerprint density at radius 1 is 0.710 bits per heavy atom. The van der Waals surface area contributed by atoms with Crippen LogP contribution in [0.2, 0.25) is 0 Å². The van der Waals surface area contributed by atoms with Crippen LogP contribution >= 0.6 is 0 Å². The number of nitriles is 1. The van der Waals surface area contributed by atoms with Crippen LogP contribution in [0.25, 0.3) is 53.9 Å². The van der Waals surface area contributed by atoms with Gasteiger partial charge < -0.3 is 4.57 Å². The second-order valence-electron chi connectivity index (χ2n) is 7.62. The Morgan fingerprint density at radius 2 is 1.29 bits per heavy atom. The van der Waals surface area contributed by atoms with Crippen molar-refractivity contribution in [3.8, 4) is 11.8 Å². The minimum Gasteiger partial charge on any atom is -0.308 e. The van der Waals surface area contributed by atoms with Gasteiger partial charge in [0.15, 0.2) is 5.69 Å². The van der Waals surface area contributed by atoms with Gasteiger partial charge in [0, 0.05) is 10.8 Å². The summed E-state index contributed by atoms with van der Waals surface area (Å²) in [6.45, 7) is 7.31. The van der Waals surface area contributed by atoms with E-state index in [0.29, 0.717) is 11.3 Å². The fraction of sp³-hybridized carbons (Fsp3) is 0. The van der Waals surface area contributed by atoms with Crippen molar-refractivity contribution in [2.45, 2.75) is 0 Å². The highest BCUT2D eigenvalue weighted by Gasteiger charge is 2.18. The first kappa shape index (κ1) is 17.3. The molecule has 31 heavy (non-hydrogen) atoms. The van der Waals surface area contributed by atoms with Gasteiger partial charge in [0.1, 0.15) is 0 Å². The first-order valence-electron chi connectivity index (χ1n) is 10.1. The molecule has 0 radical (unpaired) electrons. The summed E-state index contributed by atoms with van der Waals surface area (Å²) in [5.74, 6) is 0. The lowest BCUT2D eigenvalue weighted by Gasteiger charge is -2.11. The van der Waals surface area contributed by atoms with Crippen LogP contribution < -0.4 is 0 Å². The molecule has 142 valence electrons. The van der Waals surface area contributed by atoms with Gasteiger partial charge in [0.25, 0.3) is 0 Å². The zero-order chi connectivity index (χ0) is 20.9. The first-order valence-corrected chi connectivity index (χ1v) is 10.1. The van der Waals surface area contributed by atoms with E-state index in [-0.39, 0.29) is 0 Å². The summed E-state index contributed by atoms with van der Waals surface area (Å²) in [6, 6.07) is 33.0. The minimum absolute atomic E-state index is 0.469. The van der Waals surface area contributed by atoms with E-state index in [1.165, 1.54) is 32.3 Å². The van der Waals surface area contributed by atoms with Crippen molar-refractivity contribution < 1.29 is 0 Å². The molecule has 6 aromatic rings. The molecule has 0 amide bonds. The maximum atomic E-state index is 9.86. The van der Waals surface area contributed by atoms with Crippen molar-refractivity contribution in [2.75, 3.05) is 0 Å². The van der Waals surface area contributed by atoms with E-state index in [1.807, 2.05) is 6.07 Å². The molecule has 0 fully saturated rings. The predicted molar refractivity (Wildman–Crippen MR) is 127 cm³/mol. The number of hydrogen-bond donors (Lipinski definition) is 0. The molecule has 0 saturated heterocycles. The van der Waals surface area contributed by atoms with Gasteiger partial charge in [-0.3, -0.25) is 0 Å². The molecule has 1 aromatic heterocycles. The monoisotopic (exact) mass is 393 g/mol. The molecule has 0 saturated carbocycles. The second kappa shape index (κ2) is 6.46. The molecule has 0 aliphatic heterocycles. The van der Waals surface area contributed by atoms with Crippen molar-refractivity contribution in [1.82, 2.24) is 4.57 Å². The third-order valence-corrected chi connectivity index (χ3v) is 6.02. The molecular weight excluding hydrogens is 378 g/mol. The predicted octanol–water partition coefficient (Wildman–Crippen LogP) is 7.51. The average molecular weight is 393 g/mol. The Kier molecular flexibility index (Phi) is 3.60. The van der Waals surface area contributed by atoms with Crippen LogP contribution in [0.3, 0.4) is 0 Å². The molecule has 3 nitrogen and oxygen atoms in total. The lowest BCUT2D eigenvalue weighted by molar-refractivity contribution is 1.17. The van der Waals surface area contributed by atoms with E-state index in [1.54, 1.807) is 12.1 Å². The number of aromatic nitrogens is 1. The fourth-order valence-corrected chi connectivity index (χ4v) is 4.69. The summed E-state index contributed by atoms with van der Waals surface area (Å²) in [5.41, 5.74) is 3.86. The third-order valence-electron chi connectivity index (χ3n) is 6.02. The van der Waals surface area contributed by atoms with E-state index in [4.69, 9.17) is 6.57 Å². The lowest BCUT2D eigenvalue weighted by atomic mass is 10.00. The number of hydrogen-bond acceptors (Lipinski definition) is 1. The molecule has 0 N–H and O–H groups in total. The van der Waals surface area contributed by atoms with Crippen molar-refractivity contribution in [3.05, 3.63) is 108 Å². The minimum atomic E-state index is 0.469. The van der Waals surface area contributed by atoms with Gasteiger partial charge >= 0.3 is 0 Å². The molecule has 0 bridgehead atoms. The number of nitrogens with zero attached hydrogens (tertiary/aromatic N) is 3. The Morgan fingerprint density at radius 3 is 1.84 bits per heavy atom. The maximum absolute atomic E-state index is 9.86. The van der Waals surface area contributed by atoms with E-state index in [9.17, 15) is 5.26 Å². The third kappa shape index (κ3) is 2.38. The standard InChI is InChI=1S/C28H15N3/c1-30-21-12-15-24(20(16-21)17-29)31-25-13-10-18-6-2-4-8-22(18)27(25)28-23-9-5-3-7-19(23)11-14-26(28)31/h2-16H. The molecular formula is C28H15N3. The molecule has 1 heterocycles. The maximum Gasteiger partial charge on any atom is 0.188 e. The number of fused-ring (bicyclic) bond motifs is 7. The Bertz CT molecular complexity index is 1660. The Balaban J connectivity index is 1.90. The van der Waals surface area contributed by atoms with E-state index >= 15 is 0 Å². The zero-order valence-corrected chi connectivity index (χ0v) is 16.5. The van der Waals surface area contributed by atoms with Gasteiger partial charge in [-0.25, -0.2) is 4.85 Å². The van der Waals surface area contributed by atoms with Crippen molar-refractivity contribution >= 4 is 49.0 Å². The van der Waals surface area contributed by atoms with Gasteiger partial charge in [-0.15, -0.1) is 0 Å². The highest BCUT2D eigenvalue weighted by atomic mass is 15.0. The topological polar surface area (TPSA) is 33.1 Å². The van der Waals surface area contributed by atoms with Crippen molar-refractivity contribution in [1.29, 1.82) is 5.26 Å².